The molecule has 0 radical (unpaired) electrons. The van der Waals surface area contributed by atoms with Crippen LogP contribution in [0.25, 0.3) is 0 Å². The number of ether oxygens (including phenoxy) is 1. The third-order valence-corrected chi connectivity index (χ3v) is 4.60. The number of methoxy groups -OCH3 is 1. The second-order valence-corrected chi connectivity index (χ2v) is 7.25. The fourth-order valence-corrected chi connectivity index (χ4v) is 2.40. The summed E-state index contributed by atoms with van der Waals surface area (Å²) in [7, 11) is 1.62. The Morgan fingerprint density at radius 2 is 1.75 bits per heavy atom. The SMILES string of the molecule is COc1cccc(C)c1CNc1c(NC(C)C(C)(C)C)c(=O)c1=O. The van der Waals surface area contributed by atoms with Crippen LogP contribution in [0.5, 0.6) is 5.75 Å². The first-order valence-corrected chi connectivity index (χ1v) is 8.13. The van der Waals surface area contributed by atoms with Crippen LogP contribution in [0.2, 0.25) is 0 Å². The van der Waals surface area contributed by atoms with Crippen molar-refractivity contribution in [1.82, 2.24) is 0 Å². The van der Waals surface area contributed by atoms with Gasteiger partial charge in [-0.05, 0) is 30.9 Å². The smallest absolute Gasteiger partial charge is 0.253 e. The second-order valence-electron chi connectivity index (χ2n) is 7.25. The van der Waals surface area contributed by atoms with E-state index in [4.69, 9.17) is 4.74 Å². The molecular formula is C19H26N2O3. The molecule has 2 aromatic carbocycles. The van der Waals surface area contributed by atoms with Gasteiger partial charge in [0.15, 0.2) is 0 Å². The maximum Gasteiger partial charge on any atom is 0.253 e. The highest BCUT2D eigenvalue weighted by Crippen LogP contribution is 2.26. The van der Waals surface area contributed by atoms with Crippen molar-refractivity contribution in [3.8, 4) is 5.75 Å². The van der Waals surface area contributed by atoms with Crippen LogP contribution in [0.1, 0.15) is 38.8 Å². The molecule has 130 valence electrons. The molecule has 0 fully saturated rings. The van der Waals surface area contributed by atoms with Crippen molar-refractivity contribution in [3.05, 3.63) is 49.8 Å². The van der Waals surface area contributed by atoms with Gasteiger partial charge in [0.1, 0.15) is 17.1 Å². The molecule has 5 nitrogen and oxygen atoms in total. The highest BCUT2D eigenvalue weighted by Gasteiger charge is 2.26. The Morgan fingerprint density at radius 1 is 1.12 bits per heavy atom. The Balaban J connectivity index is 2.20. The zero-order valence-electron chi connectivity index (χ0n) is 15.2. The molecule has 5 heteroatoms. The third kappa shape index (κ3) is 3.45. The first-order chi connectivity index (χ1) is 11.2. The van der Waals surface area contributed by atoms with Crippen LogP contribution in [0.15, 0.2) is 27.8 Å². The lowest BCUT2D eigenvalue weighted by Crippen LogP contribution is -2.42. The summed E-state index contributed by atoms with van der Waals surface area (Å²) in [4.78, 5) is 23.8. The van der Waals surface area contributed by atoms with Crippen LogP contribution in [0.3, 0.4) is 0 Å². The lowest BCUT2D eigenvalue weighted by Gasteiger charge is -2.30. The Labute approximate surface area is 142 Å². The van der Waals surface area contributed by atoms with Gasteiger partial charge in [-0.3, -0.25) is 9.59 Å². The normalized spacial score (nSPS) is 12.9. The molecule has 1 atom stereocenters. The fraction of sp³-hybridized carbons (Fsp3) is 0.474. The topological polar surface area (TPSA) is 67.4 Å². The van der Waals surface area contributed by atoms with E-state index in [1.807, 2.05) is 32.0 Å². The van der Waals surface area contributed by atoms with Crippen molar-refractivity contribution in [2.24, 2.45) is 5.41 Å². The van der Waals surface area contributed by atoms with Crippen LogP contribution in [0.4, 0.5) is 11.4 Å². The van der Waals surface area contributed by atoms with Crippen LogP contribution in [-0.2, 0) is 6.54 Å². The van der Waals surface area contributed by atoms with E-state index in [1.165, 1.54) is 0 Å². The van der Waals surface area contributed by atoms with Crippen molar-refractivity contribution in [2.45, 2.75) is 47.2 Å². The van der Waals surface area contributed by atoms with Gasteiger partial charge in [-0.2, -0.15) is 0 Å². The number of hydrogen-bond acceptors (Lipinski definition) is 5. The third-order valence-electron chi connectivity index (χ3n) is 4.60. The van der Waals surface area contributed by atoms with Gasteiger partial charge < -0.3 is 15.4 Å². The van der Waals surface area contributed by atoms with Gasteiger partial charge in [0.25, 0.3) is 10.9 Å². The van der Waals surface area contributed by atoms with Crippen LogP contribution >= 0.6 is 0 Å². The largest absolute Gasteiger partial charge is 0.496 e. The van der Waals surface area contributed by atoms with E-state index < -0.39 is 10.9 Å². The van der Waals surface area contributed by atoms with E-state index >= 15 is 0 Å². The lowest BCUT2D eigenvalue weighted by atomic mass is 9.87. The van der Waals surface area contributed by atoms with Gasteiger partial charge in [-0.1, -0.05) is 32.9 Å². The maximum absolute atomic E-state index is 11.9. The predicted octanol–water partition coefficient (Wildman–Crippen LogP) is 3.06. The molecule has 0 spiro atoms. The predicted molar refractivity (Wildman–Crippen MR) is 99.0 cm³/mol. The number of aryl methyl sites for hydroxylation is 1. The van der Waals surface area contributed by atoms with Gasteiger partial charge in [0.05, 0.1) is 7.11 Å². The van der Waals surface area contributed by atoms with E-state index in [1.54, 1.807) is 7.11 Å². The molecule has 0 saturated heterocycles. The van der Waals surface area contributed by atoms with Crippen LogP contribution in [-0.4, -0.2) is 13.2 Å². The van der Waals surface area contributed by atoms with Gasteiger partial charge in [0, 0.05) is 18.2 Å². The van der Waals surface area contributed by atoms with Crippen molar-refractivity contribution >= 4 is 11.4 Å². The Bertz CT molecular complexity index is 796. The lowest BCUT2D eigenvalue weighted by molar-refractivity contribution is 0.359. The van der Waals surface area contributed by atoms with Crippen molar-refractivity contribution < 1.29 is 4.74 Å². The molecule has 24 heavy (non-hydrogen) atoms. The molecule has 0 bridgehead atoms. The summed E-state index contributed by atoms with van der Waals surface area (Å²) in [5.41, 5.74) is 1.85. The zero-order chi connectivity index (χ0) is 18.1. The number of hydrogen-bond donors (Lipinski definition) is 2. The molecule has 0 aliphatic carbocycles. The number of anilines is 2. The second kappa shape index (κ2) is 6.67. The molecule has 2 aromatic rings. The monoisotopic (exact) mass is 330 g/mol. The number of benzene rings is 1. The minimum atomic E-state index is -0.467. The first kappa shape index (κ1) is 18.0. The Morgan fingerprint density at radius 3 is 2.33 bits per heavy atom. The number of nitrogens with one attached hydrogen (secondary N) is 2. The van der Waals surface area contributed by atoms with Crippen LogP contribution < -0.4 is 26.2 Å². The number of rotatable bonds is 6. The summed E-state index contributed by atoms with van der Waals surface area (Å²) in [6.45, 7) is 10.7. The summed E-state index contributed by atoms with van der Waals surface area (Å²) < 4.78 is 5.37. The zero-order valence-corrected chi connectivity index (χ0v) is 15.2. The standard InChI is InChI=1S/C19H26N2O3/c1-11-8-7-9-14(24-6)13(11)10-20-15-16(18(23)17(15)22)21-12(2)19(3,4)5/h7-9,12,20-21H,10H2,1-6H3. The fourth-order valence-electron chi connectivity index (χ4n) is 2.40. The molecule has 0 aliphatic heterocycles. The van der Waals surface area contributed by atoms with Crippen molar-refractivity contribution in [1.29, 1.82) is 0 Å². The maximum atomic E-state index is 11.9. The summed E-state index contributed by atoms with van der Waals surface area (Å²) in [6.07, 6.45) is 0. The average molecular weight is 330 g/mol. The van der Waals surface area contributed by atoms with E-state index in [2.05, 4.69) is 31.4 Å². The molecule has 2 rings (SSSR count). The van der Waals surface area contributed by atoms with Crippen LogP contribution in [0, 0.1) is 12.3 Å². The summed E-state index contributed by atoms with van der Waals surface area (Å²) in [5.74, 6) is 0.763. The molecular weight excluding hydrogens is 304 g/mol. The molecule has 0 aliphatic rings. The molecule has 1 unspecified atom stereocenters. The molecule has 0 aromatic heterocycles. The van der Waals surface area contributed by atoms with E-state index in [-0.39, 0.29) is 11.5 Å². The van der Waals surface area contributed by atoms with E-state index in [9.17, 15) is 9.59 Å². The minimum absolute atomic E-state index is 0.0176. The quantitative estimate of drug-likeness (QED) is 0.797. The average Bonchev–Trinajstić information content (AvgIpc) is 2.53. The van der Waals surface area contributed by atoms with Gasteiger partial charge in [-0.25, -0.2) is 0 Å². The van der Waals surface area contributed by atoms with Gasteiger partial charge >= 0.3 is 0 Å². The Kier molecular flexibility index (Phi) is 5.02. The van der Waals surface area contributed by atoms with Gasteiger partial charge in [0.2, 0.25) is 0 Å². The molecule has 0 saturated carbocycles. The molecule has 2 N–H and O–H groups in total. The summed E-state index contributed by atoms with van der Waals surface area (Å²) >= 11 is 0. The Hall–Kier alpha value is -2.30. The van der Waals surface area contributed by atoms with E-state index in [0.717, 1.165) is 16.9 Å². The molecule has 0 heterocycles. The minimum Gasteiger partial charge on any atom is -0.496 e. The molecule has 0 amide bonds. The summed E-state index contributed by atoms with van der Waals surface area (Å²) in [6, 6.07) is 5.86. The van der Waals surface area contributed by atoms with Crippen molar-refractivity contribution in [2.75, 3.05) is 17.7 Å². The van der Waals surface area contributed by atoms with Gasteiger partial charge in [-0.15, -0.1) is 0 Å². The highest BCUT2D eigenvalue weighted by atomic mass is 16.5. The summed E-state index contributed by atoms with van der Waals surface area (Å²) in [5, 5.41) is 6.29. The van der Waals surface area contributed by atoms with Crippen molar-refractivity contribution in [3.63, 3.8) is 0 Å². The van der Waals surface area contributed by atoms with E-state index in [0.29, 0.717) is 17.9 Å². The highest BCUT2D eigenvalue weighted by molar-refractivity contribution is 5.74. The first-order valence-electron chi connectivity index (χ1n) is 8.13.